The number of hydrogen-bond donors (Lipinski definition) is 1. The van der Waals surface area contributed by atoms with Gasteiger partial charge < -0.3 is 0 Å². The van der Waals surface area contributed by atoms with Gasteiger partial charge in [-0.2, -0.15) is 0 Å². The van der Waals surface area contributed by atoms with E-state index in [1.165, 1.54) is 103 Å². The van der Waals surface area contributed by atoms with Crippen LogP contribution in [0.15, 0.2) is 0 Å². The van der Waals surface area contributed by atoms with E-state index in [2.05, 4.69) is 13.8 Å². The maximum atomic E-state index is 6.07. The lowest BCUT2D eigenvalue weighted by molar-refractivity contribution is 0.268. The normalized spacial score (nSPS) is 11.5. The van der Waals surface area contributed by atoms with Crippen LogP contribution in [-0.4, -0.2) is 18.1 Å². The van der Waals surface area contributed by atoms with E-state index in [4.69, 9.17) is 5.84 Å². The van der Waals surface area contributed by atoms with Gasteiger partial charge in [0, 0.05) is 13.1 Å². The Morgan fingerprint density at radius 2 is 0.727 bits per heavy atom. The summed E-state index contributed by atoms with van der Waals surface area (Å²) in [6.07, 6.45) is 22.1. The third-order valence-electron chi connectivity index (χ3n) is 4.60. The summed E-state index contributed by atoms with van der Waals surface area (Å²) in [5.74, 6) is 6.07. The molecular formula is C20H44N2. The molecule has 0 heterocycles. The van der Waals surface area contributed by atoms with Crippen LogP contribution in [0.1, 0.15) is 117 Å². The summed E-state index contributed by atoms with van der Waals surface area (Å²) in [7, 11) is 0. The molecule has 0 unspecified atom stereocenters. The van der Waals surface area contributed by atoms with Crippen LogP contribution in [0.2, 0.25) is 0 Å². The number of hydrazine groups is 1. The second kappa shape index (κ2) is 19.0. The first-order chi connectivity index (χ1) is 10.8. The maximum Gasteiger partial charge on any atom is 0.0128 e. The molecule has 0 radical (unpaired) electrons. The fraction of sp³-hybridized carbons (Fsp3) is 1.00. The molecular weight excluding hydrogens is 268 g/mol. The van der Waals surface area contributed by atoms with Crippen LogP contribution in [-0.2, 0) is 0 Å². The van der Waals surface area contributed by atoms with Crippen molar-refractivity contribution in [2.24, 2.45) is 5.84 Å². The lowest BCUT2D eigenvalue weighted by atomic mass is 10.1. The Kier molecular flexibility index (Phi) is 18.9. The van der Waals surface area contributed by atoms with Crippen molar-refractivity contribution in [2.45, 2.75) is 117 Å². The highest BCUT2D eigenvalue weighted by atomic mass is 15.4. The Morgan fingerprint density at radius 3 is 1.05 bits per heavy atom. The predicted molar refractivity (Wildman–Crippen MR) is 101 cm³/mol. The van der Waals surface area contributed by atoms with E-state index < -0.39 is 0 Å². The highest BCUT2D eigenvalue weighted by Gasteiger charge is 1.99. The van der Waals surface area contributed by atoms with Gasteiger partial charge in [-0.05, 0) is 12.8 Å². The molecule has 0 aliphatic heterocycles. The van der Waals surface area contributed by atoms with Gasteiger partial charge in [-0.1, -0.05) is 104 Å². The van der Waals surface area contributed by atoms with Gasteiger partial charge >= 0.3 is 0 Å². The third-order valence-corrected chi connectivity index (χ3v) is 4.60. The van der Waals surface area contributed by atoms with Crippen LogP contribution in [0.5, 0.6) is 0 Å². The summed E-state index contributed by atoms with van der Waals surface area (Å²) >= 11 is 0. The molecule has 0 fully saturated rings. The fourth-order valence-corrected chi connectivity index (χ4v) is 3.01. The van der Waals surface area contributed by atoms with Crippen LogP contribution in [0.25, 0.3) is 0 Å². The van der Waals surface area contributed by atoms with Gasteiger partial charge in [-0.3, -0.25) is 5.84 Å². The lowest BCUT2D eigenvalue weighted by Gasteiger charge is -2.15. The Balaban J connectivity index is 3.11. The van der Waals surface area contributed by atoms with Crippen molar-refractivity contribution in [3.63, 3.8) is 0 Å². The van der Waals surface area contributed by atoms with E-state index in [9.17, 15) is 0 Å². The minimum absolute atomic E-state index is 1.09. The Morgan fingerprint density at radius 1 is 0.455 bits per heavy atom. The van der Waals surface area contributed by atoms with Gasteiger partial charge in [0.15, 0.2) is 0 Å². The molecule has 0 rings (SSSR count). The maximum absolute atomic E-state index is 6.07. The van der Waals surface area contributed by atoms with Crippen LogP contribution >= 0.6 is 0 Å². The number of nitrogens with two attached hydrogens (primary N) is 1. The van der Waals surface area contributed by atoms with Crippen molar-refractivity contribution in [1.29, 1.82) is 0 Å². The fourth-order valence-electron chi connectivity index (χ4n) is 3.01. The van der Waals surface area contributed by atoms with Crippen molar-refractivity contribution in [1.82, 2.24) is 5.01 Å². The standard InChI is InChI=1S/C20H44N2/c1-3-5-7-9-11-12-14-16-18-20-22(21)19-17-15-13-10-8-6-4-2/h3-21H2,1-2H3. The number of nitrogens with zero attached hydrogens (tertiary/aromatic N) is 1. The van der Waals surface area contributed by atoms with Gasteiger partial charge in [0.1, 0.15) is 0 Å². The minimum Gasteiger partial charge on any atom is -0.269 e. The van der Waals surface area contributed by atoms with E-state index >= 15 is 0 Å². The van der Waals surface area contributed by atoms with Gasteiger partial charge in [-0.25, -0.2) is 5.01 Å². The molecule has 0 saturated carbocycles. The highest BCUT2D eigenvalue weighted by molar-refractivity contribution is 4.53. The topological polar surface area (TPSA) is 29.3 Å². The summed E-state index contributed by atoms with van der Waals surface area (Å²) in [5.41, 5.74) is 0. The van der Waals surface area contributed by atoms with Crippen molar-refractivity contribution in [3.8, 4) is 0 Å². The van der Waals surface area contributed by atoms with E-state index in [-0.39, 0.29) is 0 Å². The molecule has 0 aliphatic rings. The van der Waals surface area contributed by atoms with E-state index in [0.717, 1.165) is 13.1 Å². The van der Waals surface area contributed by atoms with Crippen LogP contribution in [0.4, 0.5) is 0 Å². The molecule has 22 heavy (non-hydrogen) atoms. The quantitative estimate of drug-likeness (QED) is 0.179. The van der Waals surface area contributed by atoms with Crippen molar-refractivity contribution >= 4 is 0 Å². The molecule has 0 aromatic heterocycles. The molecule has 2 N–H and O–H groups in total. The molecule has 0 aliphatic carbocycles. The molecule has 2 nitrogen and oxygen atoms in total. The summed E-state index contributed by atoms with van der Waals surface area (Å²) in [6, 6.07) is 0. The molecule has 2 heteroatoms. The Hall–Kier alpha value is -0.0800. The summed E-state index contributed by atoms with van der Waals surface area (Å²) in [5, 5.41) is 2.05. The van der Waals surface area contributed by atoms with Crippen LogP contribution in [0, 0.1) is 0 Å². The molecule has 0 aromatic carbocycles. The molecule has 0 amide bonds. The molecule has 0 spiro atoms. The van der Waals surface area contributed by atoms with Crippen LogP contribution < -0.4 is 5.84 Å². The highest BCUT2D eigenvalue weighted by Crippen LogP contribution is 2.10. The Bertz CT molecular complexity index is 194. The van der Waals surface area contributed by atoms with Gasteiger partial charge in [-0.15, -0.1) is 0 Å². The zero-order valence-electron chi connectivity index (χ0n) is 15.8. The smallest absolute Gasteiger partial charge is 0.0128 e. The average Bonchev–Trinajstić information content (AvgIpc) is 2.52. The summed E-state index contributed by atoms with van der Waals surface area (Å²) < 4.78 is 0. The van der Waals surface area contributed by atoms with Gasteiger partial charge in [0.05, 0.1) is 0 Å². The zero-order valence-corrected chi connectivity index (χ0v) is 15.8. The second-order valence-electron chi connectivity index (χ2n) is 6.99. The minimum atomic E-state index is 1.09. The van der Waals surface area contributed by atoms with Crippen molar-refractivity contribution in [2.75, 3.05) is 13.1 Å². The van der Waals surface area contributed by atoms with Crippen LogP contribution in [0.3, 0.4) is 0 Å². The SMILES string of the molecule is CCCCCCCCCCCN(N)CCCCCCCCC. The largest absolute Gasteiger partial charge is 0.269 e. The molecule has 0 atom stereocenters. The van der Waals surface area contributed by atoms with Crippen molar-refractivity contribution < 1.29 is 0 Å². The lowest BCUT2D eigenvalue weighted by Crippen LogP contribution is -2.32. The number of rotatable bonds is 18. The first-order valence-electron chi connectivity index (χ1n) is 10.3. The van der Waals surface area contributed by atoms with E-state index in [1.807, 2.05) is 5.01 Å². The van der Waals surface area contributed by atoms with E-state index in [1.54, 1.807) is 0 Å². The number of unbranched alkanes of at least 4 members (excludes halogenated alkanes) is 14. The third kappa shape index (κ3) is 18.0. The molecule has 0 saturated heterocycles. The molecule has 0 aromatic rings. The average molecular weight is 313 g/mol. The predicted octanol–water partition coefficient (Wildman–Crippen LogP) is 6.44. The monoisotopic (exact) mass is 312 g/mol. The second-order valence-corrected chi connectivity index (χ2v) is 6.99. The summed E-state index contributed by atoms with van der Waals surface area (Å²) in [4.78, 5) is 0. The Labute approximate surface area is 141 Å². The number of hydrogen-bond acceptors (Lipinski definition) is 2. The van der Waals surface area contributed by atoms with Gasteiger partial charge in [0.25, 0.3) is 0 Å². The molecule has 0 bridgehead atoms. The van der Waals surface area contributed by atoms with Crippen molar-refractivity contribution in [3.05, 3.63) is 0 Å². The summed E-state index contributed by atoms with van der Waals surface area (Å²) in [6.45, 7) is 6.74. The van der Waals surface area contributed by atoms with Gasteiger partial charge in [0.2, 0.25) is 0 Å². The molecule has 134 valence electrons. The first-order valence-corrected chi connectivity index (χ1v) is 10.3. The van der Waals surface area contributed by atoms with E-state index in [0.29, 0.717) is 0 Å². The first kappa shape index (κ1) is 21.9. The zero-order chi connectivity index (χ0) is 16.3.